The number of nitrogens with zero attached hydrogens (tertiary/aromatic N) is 4. The number of carbonyl (C=O) groups is 2. The molecule has 1 fully saturated rings. The number of rotatable bonds is 7. The Balaban J connectivity index is 0.00000342. The van der Waals surface area contributed by atoms with E-state index < -0.39 is 24.1 Å². The number of ether oxygens (including phenoxy) is 1. The van der Waals surface area contributed by atoms with Crippen molar-refractivity contribution in [3.8, 4) is 11.6 Å². The van der Waals surface area contributed by atoms with E-state index in [4.69, 9.17) is 11.6 Å². The maximum absolute atomic E-state index is 12.7. The van der Waals surface area contributed by atoms with Gasteiger partial charge in [0.25, 0.3) is 5.91 Å². The zero-order chi connectivity index (χ0) is 24.5. The molecule has 2 aromatic heterocycles. The predicted molar refractivity (Wildman–Crippen MR) is 125 cm³/mol. The number of halogens is 4. The monoisotopic (exact) mass is 528 g/mol. The Hall–Kier alpha value is -3.32. The van der Waals surface area contributed by atoms with Gasteiger partial charge in [0.05, 0.1) is 17.9 Å². The molecular formula is C21H20ClF3N6O3S. The molecule has 1 saturated carbocycles. The van der Waals surface area contributed by atoms with Crippen molar-refractivity contribution in [3.63, 3.8) is 0 Å². The number of anilines is 1. The second-order valence-electron chi connectivity index (χ2n) is 7.62. The summed E-state index contributed by atoms with van der Waals surface area (Å²) >= 11 is 5.84. The predicted octanol–water partition coefficient (Wildman–Crippen LogP) is 4.17. The molecule has 186 valence electrons. The molecule has 1 aliphatic carbocycles. The molecule has 14 heteroatoms. The Morgan fingerprint density at radius 3 is 2.57 bits per heavy atom. The molecule has 1 atom stereocenters. The maximum atomic E-state index is 12.7. The second kappa shape index (κ2) is 10.5. The van der Waals surface area contributed by atoms with Crippen molar-refractivity contribution in [1.82, 2.24) is 25.1 Å². The molecule has 2 amide bonds. The first kappa shape index (κ1) is 26.3. The van der Waals surface area contributed by atoms with Gasteiger partial charge in [0, 0.05) is 16.5 Å². The lowest BCUT2D eigenvalue weighted by molar-refractivity contribution is -0.274. The first-order valence-corrected chi connectivity index (χ1v) is 10.5. The third-order valence-electron chi connectivity index (χ3n) is 4.86. The highest BCUT2D eigenvalue weighted by Gasteiger charge is 2.32. The van der Waals surface area contributed by atoms with Crippen LogP contribution in [0.25, 0.3) is 5.82 Å². The smallest absolute Gasteiger partial charge is 0.406 e. The van der Waals surface area contributed by atoms with Gasteiger partial charge in [0.15, 0.2) is 11.6 Å². The highest BCUT2D eigenvalue weighted by Crippen LogP contribution is 2.30. The largest absolute Gasteiger partial charge is 0.573 e. The van der Waals surface area contributed by atoms with E-state index in [0.29, 0.717) is 17.3 Å². The number of alkyl halides is 3. The first-order valence-electron chi connectivity index (χ1n) is 10.1. The standard InChI is InChI=1S/C21H18ClF3N6O3.H2S/c1-11(29-20(33)13-6-14(22)8-16(7-13)34-21(23,24)25)18-27-10-28-31(18)17-5-4-15(9-26-17)30-19(32)12-2-3-12;/h4-12H,2-3H2,1H3,(H,29,33)(H,30,32);1H2/t11-;/m0./s1. The molecule has 0 bridgehead atoms. The number of pyridine rings is 1. The minimum Gasteiger partial charge on any atom is -0.406 e. The fraction of sp³-hybridized carbons (Fsp3) is 0.286. The molecule has 0 radical (unpaired) electrons. The summed E-state index contributed by atoms with van der Waals surface area (Å²) in [6.07, 6.45) is -0.398. The van der Waals surface area contributed by atoms with Crippen LogP contribution in [0.1, 0.15) is 42.0 Å². The summed E-state index contributed by atoms with van der Waals surface area (Å²) in [5, 5.41) is 9.45. The summed E-state index contributed by atoms with van der Waals surface area (Å²) in [4.78, 5) is 33.0. The van der Waals surface area contributed by atoms with Crippen molar-refractivity contribution in [3.05, 3.63) is 59.3 Å². The van der Waals surface area contributed by atoms with Crippen LogP contribution < -0.4 is 15.4 Å². The molecule has 4 rings (SSSR count). The number of benzene rings is 1. The van der Waals surface area contributed by atoms with Gasteiger partial charge in [-0.1, -0.05) is 11.6 Å². The number of carbonyl (C=O) groups excluding carboxylic acids is 2. The van der Waals surface area contributed by atoms with Gasteiger partial charge in [-0.2, -0.15) is 23.3 Å². The van der Waals surface area contributed by atoms with Gasteiger partial charge in [-0.05, 0) is 50.1 Å². The van der Waals surface area contributed by atoms with Gasteiger partial charge in [0.2, 0.25) is 5.91 Å². The molecule has 1 aliphatic rings. The van der Waals surface area contributed by atoms with Crippen molar-refractivity contribution in [1.29, 1.82) is 0 Å². The zero-order valence-electron chi connectivity index (χ0n) is 18.1. The summed E-state index contributed by atoms with van der Waals surface area (Å²) in [6.45, 7) is 1.63. The van der Waals surface area contributed by atoms with Crippen LogP contribution in [0.4, 0.5) is 18.9 Å². The van der Waals surface area contributed by atoms with Gasteiger partial charge >= 0.3 is 6.36 Å². The average Bonchev–Trinajstić information content (AvgIpc) is 3.49. The zero-order valence-corrected chi connectivity index (χ0v) is 19.9. The summed E-state index contributed by atoms with van der Waals surface area (Å²) < 4.78 is 42.8. The van der Waals surface area contributed by atoms with Crippen LogP contribution in [0.15, 0.2) is 42.9 Å². The Labute approximate surface area is 209 Å². The molecule has 0 saturated heterocycles. The Kier molecular flexibility index (Phi) is 7.90. The lowest BCUT2D eigenvalue weighted by Gasteiger charge is -2.15. The Bertz CT molecular complexity index is 1220. The third kappa shape index (κ3) is 6.85. The van der Waals surface area contributed by atoms with Crippen LogP contribution in [-0.2, 0) is 4.79 Å². The van der Waals surface area contributed by atoms with Crippen molar-refractivity contribution in [2.24, 2.45) is 5.92 Å². The fourth-order valence-corrected chi connectivity index (χ4v) is 3.35. The van der Waals surface area contributed by atoms with E-state index in [2.05, 4.69) is 30.4 Å². The SMILES string of the molecule is C[C@H](NC(=O)c1cc(Cl)cc(OC(F)(F)F)c1)c1ncnn1-c1ccc(NC(=O)C2CC2)cn1.S. The van der Waals surface area contributed by atoms with Crippen LogP contribution >= 0.6 is 25.1 Å². The Morgan fingerprint density at radius 2 is 1.94 bits per heavy atom. The summed E-state index contributed by atoms with van der Waals surface area (Å²) in [7, 11) is 0. The van der Waals surface area contributed by atoms with Gasteiger partial charge in [-0.3, -0.25) is 9.59 Å². The van der Waals surface area contributed by atoms with Gasteiger partial charge in [0.1, 0.15) is 12.1 Å². The van der Waals surface area contributed by atoms with E-state index in [1.807, 2.05) is 0 Å². The van der Waals surface area contributed by atoms with E-state index in [1.54, 1.807) is 19.1 Å². The number of aromatic nitrogens is 4. The molecule has 2 N–H and O–H groups in total. The van der Waals surface area contributed by atoms with Gasteiger partial charge < -0.3 is 15.4 Å². The normalized spacial score (nSPS) is 14.0. The lowest BCUT2D eigenvalue weighted by atomic mass is 10.2. The molecule has 1 aromatic carbocycles. The molecular weight excluding hydrogens is 509 g/mol. The van der Waals surface area contributed by atoms with Crippen LogP contribution in [0.2, 0.25) is 5.02 Å². The number of hydrogen-bond donors (Lipinski definition) is 2. The number of hydrogen-bond acceptors (Lipinski definition) is 6. The molecule has 35 heavy (non-hydrogen) atoms. The van der Waals surface area contributed by atoms with Crippen LogP contribution in [0, 0.1) is 5.92 Å². The second-order valence-corrected chi connectivity index (χ2v) is 8.05. The minimum atomic E-state index is -4.93. The summed E-state index contributed by atoms with van der Waals surface area (Å²) in [5.74, 6) is -0.577. The van der Waals surface area contributed by atoms with E-state index in [1.165, 1.54) is 23.3 Å². The number of nitrogens with one attached hydrogen (secondary N) is 2. The van der Waals surface area contributed by atoms with Crippen LogP contribution in [0.3, 0.4) is 0 Å². The fourth-order valence-electron chi connectivity index (χ4n) is 3.13. The van der Waals surface area contributed by atoms with E-state index >= 15 is 0 Å². The Morgan fingerprint density at radius 1 is 1.20 bits per heavy atom. The molecule has 9 nitrogen and oxygen atoms in total. The minimum absolute atomic E-state index is 0. The molecule has 0 aliphatic heterocycles. The van der Waals surface area contributed by atoms with Crippen LogP contribution in [0.5, 0.6) is 5.75 Å². The molecule has 3 aromatic rings. The van der Waals surface area contributed by atoms with Crippen molar-refractivity contribution < 1.29 is 27.5 Å². The van der Waals surface area contributed by atoms with Gasteiger partial charge in [-0.15, -0.1) is 13.2 Å². The van der Waals surface area contributed by atoms with E-state index in [0.717, 1.165) is 25.0 Å². The van der Waals surface area contributed by atoms with Gasteiger partial charge in [-0.25, -0.2) is 9.97 Å². The van der Waals surface area contributed by atoms with Crippen molar-refractivity contribution in [2.45, 2.75) is 32.2 Å². The maximum Gasteiger partial charge on any atom is 0.573 e. The highest BCUT2D eigenvalue weighted by molar-refractivity contribution is 7.59. The highest BCUT2D eigenvalue weighted by atomic mass is 35.5. The lowest BCUT2D eigenvalue weighted by Crippen LogP contribution is -2.29. The van der Waals surface area contributed by atoms with Crippen LogP contribution in [-0.4, -0.2) is 37.9 Å². The van der Waals surface area contributed by atoms with Crippen molar-refractivity contribution >= 4 is 42.6 Å². The molecule has 2 heterocycles. The van der Waals surface area contributed by atoms with E-state index in [9.17, 15) is 22.8 Å². The summed E-state index contributed by atoms with van der Waals surface area (Å²) in [5.41, 5.74) is 0.417. The third-order valence-corrected chi connectivity index (χ3v) is 5.07. The van der Waals surface area contributed by atoms with Crippen molar-refractivity contribution in [2.75, 3.05) is 5.32 Å². The quantitative estimate of drug-likeness (QED) is 0.476. The number of amides is 2. The topological polar surface area (TPSA) is 111 Å². The molecule has 0 spiro atoms. The first-order chi connectivity index (χ1) is 16.1. The summed E-state index contributed by atoms with van der Waals surface area (Å²) in [6, 6.07) is 5.71. The molecule has 0 unspecified atom stereocenters. The van der Waals surface area contributed by atoms with E-state index in [-0.39, 0.29) is 35.9 Å². The average molecular weight is 529 g/mol.